The summed E-state index contributed by atoms with van der Waals surface area (Å²) in [4.78, 5) is 9.11. The van der Waals surface area contributed by atoms with E-state index in [-0.39, 0.29) is 12.6 Å². The Hall–Kier alpha value is -3.79. The molecule has 186 valence electrons. The lowest BCUT2D eigenvalue weighted by Gasteiger charge is -2.16. The van der Waals surface area contributed by atoms with Crippen molar-refractivity contribution in [2.75, 3.05) is 18.5 Å². The molecular weight excluding hydrogens is 454 g/mol. The number of imidazole rings is 1. The van der Waals surface area contributed by atoms with Crippen molar-refractivity contribution in [1.82, 2.24) is 29.5 Å². The third kappa shape index (κ3) is 4.68. The number of nitrogens with zero attached hydrogens (tertiary/aromatic N) is 5. The number of hydrogen-bond donors (Lipinski definition) is 4. The van der Waals surface area contributed by atoms with E-state index >= 15 is 0 Å². The lowest BCUT2D eigenvalue weighted by molar-refractivity contribution is 0.202. The molecule has 0 aliphatic heterocycles. The van der Waals surface area contributed by atoms with Gasteiger partial charge in [-0.15, -0.1) is 0 Å². The molecule has 0 bridgehead atoms. The van der Waals surface area contributed by atoms with E-state index in [0.29, 0.717) is 18.8 Å². The largest absolute Gasteiger partial charge is 0.395 e. The van der Waals surface area contributed by atoms with Gasteiger partial charge in [0.15, 0.2) is 6.23 Å². The number of aliphatic hydroxyl groups is 2. The normalized spacial score (nSPS) is 13.4. The number of benzene rings is 1. The predicted molar refractivity (Wildman–Crippen MR) is 140 cm³/mol. The van der Waals surface area contributed by atoms with Crippen LogP contribution in [-0.2, 0) is 6.54 Å². The van der Waals surface area contributed by atoms with Crippen LogP contribution in [0.5, 0.6) is 0 Å². The lowest BCUT2D eigenvalue weighted by atomic mass is 10.1. The summed E-state index contributed by atoms with van der Waals surface area (Å²) in [6.07, 6.45) is 2.62. The van der Waals surface area contributed by atoms with Gasteiger partial charge in [0.1, 0.15) is 5.65 Å². The zero-order valence-electron chi connectivity index (χ0n) is 20.7. The fourth-order valence-electron chi connectivity index (χ4n) is 4.61. The first-order valence-electron chi connectivity index (χ1n) is 12.1. The van der Waals surface area contributed by atoms with Crippen LogP contribution in [0.3, 0.4) is 0 Å². The molecule has 4 heterocycles. The minimum absolute atomic E-state index is 0.0810. The van der Waals surface area contributed by atoms with Gasteiger partial charge in [-0.3, -0.25) is 14.1 Å². The van der Waals surface area contributed by atoms with E-state index in [0.717, 1.165) is 44.9 Å². The minimum Gasteiger partial charge on any atom is -0.395 e. The van der Waals surface area contributed by atoms with Crippen molar-refractivity contribution in [3.8, 4) is 0 Å². The highest BCUT2D eigenvalue weighted by atomic mass is 16.3. The maximum Gasteiger partial charge on any atom is 0.168 e. The standard InChI is InChI=1S/C27H31N7O2/c1-17-6-4-7-21(30-17)16-34-23-9-5-8-22(26(23)19(3)32-34)31-27(36)24-15-29-25-14-20(10-12-33(24)25)18(2)28-11-13-35/h4-10,12,14-15,18,27-28,31,35-36H,11,13,16H2,1-3H3. The molecule has 4 aromatic heterocycles. The van der Waals surface area contributed by atoms with Crippen molar-refractivity contribution >= 4 is 22.2 Å². The molecule has 0 aliphatic carbocycles. The van der Waals surface area contributed by atoms with Crippen molar-refractivity contribution < 1.29 is 10.2 Å². The molecule has 2 unspecified atom stereocenters. The lowest BCUT2D eigenvalue weighted by Crippen LogP contribution is -2.22. The van der Waals surface area contributed by atoms with Crippen LogP contribution in [0.2, 0.25) is 0 Å². The van der Waals surface area contributed by atoms with Crippen molar-refractivity contribution in [3.63, 3.8) is 0 Å². The highest BCUT2D eigenvalue weighted by molar-refractivity contribution is 5.94. The smallest absolute Gasteiger partial charge is 0.168 e. The number of hydrogen-bond acceptors (Lipinski definition) is 7. The summed E-state index contributed by atoms with van der Waals surface area (Å²) < 4.78 is 3.82. The quantitative estimate of drug-likeness (QED) is 0.236. The first-order chi connectivity index (χ1) is 17.4. The SMILES string of the molecule is Cc1cccc(Cn2nc(C)c3c(NC(O)c4cnc5cc(C(C)NCCO)ccn45)cccc32)n1. The van der Waals surface area contributed by atoms with Crippen LogP contribution in [0.15, 0.2) is 60.9 Å². The highest BCUT2D eigenvalue weighted by Gasteiger charge is 2.18. The third-order valence-electron chi connectivity index (χ3n) is 6.41. The fraction of sp³-hybridized carbons (Fsp3) is 0.296. The van der Waals surface area contributed by atoms with E-state index in [1.165, 1.54) is 0 Å². The molecule has 4 N–H and O–H groups in total. The third-order valence-corrected chi connectivity index (χ3v) is 6.41. The second kappa shape index (κ2) is 10.1. The number of pyridine rings is 2. The maximum atomic E-state index is 11.1. The molecule has 0 aliphatic rings. The van der Waals surface area contributed by atoms with Gasteiger partial charge < -0.3 is 20.8 Å². The van der Waals surface area contributed by atoms with E-state index in [9.17, 15) is 5.11 Å². The second-order valence-electron chi connectivity index (χ2n) is 9.03. The van der Waals surface area contributed by atoms with Gasteiger partial charge >= 0.3 is 0 Å². The average molecular weight is 486 g/mol. The molecule has 5 rings (SSSR count). The number of rotatable bonds is 9. The van der Waals surface area contributed by atoms with Crippen molar-refractivity contribution in [2.24, 2.45) is 0 Å². The number of aliphatic hydroxyl groups excluding tert-OH is 2. The number of fused-ring (bicyclic) bond motifs is 2. The van der Waals surface area contributed by atoms with Crippen LogP contribution in [0.1, 0.15) is 47.5 Å². The summed E-state index contributed by atoms with van der Waals surface area (Å²) in [5.74, 6) is 0. The van der Waals surface area contributed by atoms with E-state index in [4.69, 9.17) is 10.2 Å². The topological polar surface area (TPSA) is 113 Å². The van der Waals surface area contributed by atoms with Crippen LogP contribution in [0.4, 0.5) is 5.69 Å². The van der Waals surface area contributed by atoms with E-state index in [1.807, 2.05) is 84.6 Å². The van der Waals surface area contributed by atoms with Gasteiger partial charge in [-0.05, 0) is 62.7 Å². The molecule has 0 fully saturated rings. The zero-order chi connectivity index (χ0) is 25.2. The van der Waals surface area contributed by atoms with E-state index in [1.54, 1.807) is 6.20 Å². The Kier molecular flexibility index (Phi) is 6.69. The second-order valence-corrected chi connectivity index (χ2v) is 9.03. The van der Waals surface area contributed by atoms with E-state index < -0.39 is 6.23 Å². The van der Waals surface area contributed by atoms with Gasteiger partial charge in [-0.25, -0.2) is 4.98 Å². The maximum absolute atomic E-state index is 11.1. The monoisotopic (exact) mass is 485 g/mol. The Balaban J connectivity index is 1.41. The molecule has 0 radical (unpaired) electrons. The molecule has 0 amide bonds. The first kappa shape index (κ1) is 23.9. The summed E-state index contributed by atoms with van der Waals surface area (Å²) in [7, 11) is 0. The molecule has 0 spiro atoms. The van der Waals surface area contributed by atoms with Gasteiger partial charge in [0, 0.05) is 35.6 Å². The molecule has 0 saturated heterocycles. The fourth-order valence-corrected chi connectivity index (χ4v) is 4.61. The highest BCUT2D eigenvalue weighted by Crippen LogP contribution is 2.30. The Morgan fingerprint density at radius 1 is 1.08 bits per heavy atom. The predicted octanol–water partition coefficient (Wildman–Crippen LogP) is 3.49. The summed E-state index contributed by atoms with van der Waals surface area (Å²) in [5, 5.41) is 32.4. The molecule has 1 aromatic carbocycles. The Morgan fingerprint density at radius 2 is 1.92 bits per heavy atom. The van der Waals surface area contributed by atoms with Crippen molar-refractivity contribution in [2.45, 2.75) is 39.6 Å². The van der Waals surface area contributed by atoms with Crippen LogP contribution in [0.25, 0.3) is 16.6 Å². The van der Waals surface area contributed by atoms with Gasteiger partial charge in [0.05, 0.1) is 41.9 Å². The van der Waals surface area contributed by atoms with Crippen LogP contribution < -0.4 is 10.6 Å². The van der Waals surface area contributed by atoms with Crippen molar-refractivity contribution in [3.05, 3.63) is 89.3 Å². The van der Waals surface area contributed by atoms with Gasteiger partial charge in [0.2, 0.25) is 0 Å². The van der Waals surface area contributed by atoms with Gasteiger partial charge in [0.25, 0.3) is 0 Å². The minimum atomic E-state index is -0.970. The number of aryl methyl sites for hydroxylation is 2. The summed E-state index contributed by atoms with van der Waals surface area (Å²) in [6.45, 7) is 7.18. The molecule has 9 nitrogen and oxygen atoms in total. The summed E-state index contributed by atoms with van der Waals surface area (Å²) >= 11 is 0. The zero-order valence-corrected chi connectivity index (χ0v) is 20.7. The van der Waals surface area contributed by atoms with Crippen LogP contribution in [-0.4, -0.2) is 47.5 Å². The first-order valence-corrected chi connectivity index (χ1v) is 12.1. The van der Waals surface area contributed by atoms with Crippen LogP contribution in [0, 0.1) is 13.8 Å². The molecule has 2 atom stereocenters. The Bertz CT molecular complexity index is 1510. The summed E-state index contributed by atoms with van der Waals surface area (Å²) in [6, 6.07) is 16.0. The average Bonchev–Trinajstić information content (AvgIpc) is 3.43. The van der Waals surface area contributed by atoms with Crippen LogP contribution >= 0.6 is 0 Å². The summed E-state index contributed by atoms with van der Waals surface area (Å²) in [5.41, 5.74) is 7.01. The number of nitrogens with one attached hydrogen (secondary N) is 2. The molecule has 36 heavy (non-hydrogen) atoms. The molecule has 0 saturated carbocycles. The van der Waals surface area contributed by atoms with Crippen molar-refractivity contribution in [1.29, 1.82) is 0 Å². The van der Waals surface area contributed by atoms with E-state index in [2.05, 4.69) is 20.6 Å². The Labute approximate surface area is 209 Å². The molecule has 5 aromatic rings. The van der Waals surface area contributed by atoms with Gasteiger partial charge in [-0.2, -0.15) is 5.10 Å². The number of anilines is 1. The van der Waals surface area contributed by atoms with Gasteiger partial charge in [-0.1, -0.05) is 12.1 Å². The molecular formula is C27H31N7O2. The number of aromatic nitrogens is 5. The molecule has 9 heteroatoms. The Morgan fingerprint density at radius 3 is 2.72 bits per heavy atom.